The van der Waals surface area contributed by atoms with E-state index in [1.807, 2.05) is 12.1 Å². The number of allylic oxidation sites excluding steroid dienone is 1. The van der Waals surface area contributed by atoms with Crippen molar-refractivity contribution in [2.75, 3.05) is 0 Å². The van der Waals surface area contributed by atoms with Crippen molar-refractivity contribution in [2.24, 2.45) is 0 Å². The molecule has 0 aliphatic heterocycles. The van der Waals surface area contributed by atoms with Crippen LogP contribution in [0.25, 0.3) is 17.0 Å². The molecular formula is C18H12N2O4. The van der Waals surface area contributed by atoms with Gasteiger partial charge >= 0.3 is 0 Å². The number of nitro benzene ring substituents is 1. The summed E-state index contributed by atoms with van der Waals surface area (Å²) in [4.78, 5) is 22.2. The van der Waals surface area contributed by atoms with Crippen LogP contribution < -0.4 is 4.73 Å². The van der Waals surface area contributed by atoms with Crippen LogP contribution in [0.1, 0.15) is 15.9 Å². The number of hydrogen-bond acceptors (Lipinski definition) is 4. The number of rotatable bonds is 4. The molecule has 24 heavy (non-hydrogen) atoms. The zero-order valence-corrected chi connectivity index (χ0v) is 12.5. The number of aromatic nitrogens is 1. The largest absolute Gasteiger partial charge is 0.618 e. The number of benzene rings is 2. The van der Waals surface area contributed by atoms with E-state index < -0.39 is 4.92 Å². The third kappa shape index (κ3) is 3.12. The molecule has 0 saturated carbocycles. The van der Waals surface area contributed by atoms with Crippen molar-refractivity contribution in [3.63, 3.8) is 0 Å². The van der Waals surface area contributed by atoms with Gasteiger partial charge in [-0.2, -0.15) is 4.73 Å². The molecule has 2 aromatic carbocycles. The van der Waals surface area contributed by atoms with E-state index >= 15 is 0 Å². The van der Waals surface area contributed by atoms with Gasteiger partial charge < -0.3 is 5.21 Å². The molecule has 1 aromatic heterocycles. The second-order valence-electron chi connectivity index (χ2n) is 5.15. The summed E-state index contributed by atoms with van der Waals surface area (Å²) in [5.74, 6) is -0.253. The average molecular weight is 320 g/mol. The van der Waals surface area contributed by atoms with Crippen LogP contribution in [0.4, 0.5) is 5.69 Å². The first-order valence-corrected chi connectivity index (χ1v) is 7.13. The molecule has 3 rings (SSSR count). The molecule has 0 saturated heterocycles. The standard InChI is InChI=1S/C18H12N2O4/c21-18(14-5-7-16(8-6-14)20(23)24)10-4-13-3-9-17-15(12-13)2-1-11-19(17)22/h1-12H/b10-4+. The Kier molecular flexibility index (Phi) is 4.03. The number of hydrogen-bond donors (Lipinski definition) is 0. The van der Waals surface area contributed by atoms with Gasteiger partial charge in [-0.25, -0.2) is 0 Å². The summed E-state index contributed by atoms with van der Waals surface area (Å²) in [6.07, 6.45) is 4.47. The SMILES string of the molecule is O=C(/C=C/c1ccc2c(ccc[n+]2[O-])c1)c1ccc([N+](=O)[O-])cc1. The fourth-order valence-electron chi connectivity index (χ4n) is 2.33. The molecular weight excluding hydrogens is 308 g/mol. The number of nitro groups is 1. The van der Waals surface area contributed by atoms with E-state index in [-0.39, 0.29) is 11.5 Å². The Morgan fingerprint density at radius 1 is 1.08 bits per heavy atom. The van der Waals surface area contributed by atoms with Crippen LogP contribution in [0.2, 0.25) is 0 Å². The molecule has 0 aliphatic carbocycles. The predicted molar refractivity (Wildman–Crippen MR) is 89.4 cm³/mol. The number of non-ortho nitro benzene ring substituents is 1. The Hall–Kier alpha value is -3.54. The molecule has 118 valence electrons. The minimum Gasteiger partial charge on any atom is -0.618 e. The van der Waals surface area contributed by atoms with Crippen LogP contribution in [0.15, 0.2) is 66.9 Å². The normalized spacial score (nSPS) is 11.0. The van der Waals surface area contributed by atoms with E-state index in [4.69, 9.17) is 0 Å². The Morgan fingerprint density at radius 2 is 1.83 bits per heavy atom. The molecule has 0 atom stereocenters. The van der Waals surface area contributed by atoms with E-state index in [0.717, 1.165) is 15.7 Å². The lowest BCUT2D eigenvalue weighted by Gasteiger charge is -2.01. The lowest BCUT2D eigenvalue weighted by Crippen LogP contribution is -2.25. The monoisotopic (exact) mass is 320 g/mol. The lowest BCUT2D eigenvalue weighted by molar-refractivity contribution is -0.577. The summed E-state index contributed by atoms with van der Waals surface area (Å²) in [6, 6.07) is 14.2. The lowest BCUT2D eigenvalue weighted by atomic mass is 10.1. The van der Waals surface area contributed by atoms with E-state index in [1.54, 1.807) is 24.3 Å². The first kappa shape index (κ1) is 15.4. The number of nitrogens with zero attached hydrogens (tertiary/aromatic N) is 2. The Bertz CT molecular complexity index is 962. The molecule has 0 unspecified atom stereocenters. The zero-order chi connectivity index (χ0) is 17.1. The molecule has 0 N–H and O–H groups in total. The van der Waals surface area contributed by atoms with Gasteiger partial charge in [0, 0.05) is 35.2 Å². The summed E-state index contributed by atoms with van der Waals surface area (Å²) in [7, 11) is 0. The molecule has 3 aromatic rings. The van der Waals surface area contributed by atoms with E-state index in [1.165, 1.54) is 36.5 Å². The smallest absolute Gasteiger partial charge is 0.269 e. The third-order valence-electron chi connectivity index (χ3n) is 3.58. The van der Waals surface area contributed by atoms with E-state index in [9.17, 15) is 20.1 Å². The summed E-state index contributed by atoms with van der Waals surface area (Å²) in [5.41, 5.74) is 1.64. The molecule has 6 heteroatoms. The van der Waals surface area contributed by atoms with Gasteiger partial charge in [0.25, 0.3) is 5.69 Å². The quantitative estimate of drug-likeness (QED) is 0.184. The maximum Gasteiger partial charge on any atom is 0.269 e. The molecule has 0 amide bonds. The van der Waals surface area contributed by atoms with Gasteiger partial charge in [-0.05, 0) is 42.0 Å². The maximum absolute atomic E-state index is 12.1. The minimum absolute atomic E-state index is 0.0593. The van der Waals surface area contributed by atoms with Gasteiger partial charge in [-0.3, -0.25) is 14.9 Å². The molecule has 0 fully saturated rings. The highest BCUT2D eigenvalue weighted by Crippen LogP contribution is 2.15. The number of carbonyl (C=O) groups excluding carboxylic acids is 1. The topological polar surface area (TPSA) is 87.2 Å². The molecule has 0 spiro atoms. The van der Waals surface area contributed by atoms with E-state index in [2.05, 4.69) is 0 Å². The van der Waals surface area contributed by atoms with Crippen LogP contribution >= 0.6 is 0 Å². The first-order valence-electron chi connectivity index (χ1n) is 7.13. The van der Waals surface area contributed by atoms with Crippen molar-refractivity contribution in [1.29, 1.82) is 0 Å². The Balaban J connectivity index is 1.82. The van der Waals surface area contributed by atoms with Gasteiger partial charge in [0.1, 0.15) is 0 Å². The van der Waals surface area contributed by atoms with Crippen molar-refractivity contribution in [2.45, 2.75) is 0 Å². The maximum atomic E-state index is 12.1. The Morgan fingerprint density at radius 3 is 2.54 bits per heavy atom. The van der Waals surface area contributed by atoms with Gasteiger partial charge in [-0.15, -0.1) is 0 Å². The zero-order valence-electron chi connectivity index (χ0n) is 12.5. The molecule has 1 heterocycles. The predicted octanol–water partition coefficient (Wildman–Crippen LogP) is 3.28. The average Bonchev–Trinajstić information content (AvgIpc) is 2.60. The highest BCUT2D eigenvalue weighted by molar-refractivity contribution is 6.07. The first-order chi connectivity index (χ1) is 11.5. The summed E-state index contributed by atoms with van der Waals surface area (Å²) in [6.45, 7) is 0. The van der Waals surface area contributed by atoms with Crippen molar-refractivity contribution < 1.29 is 14.4 Å². The molecule has 6 nitrogen and oxygen atoms in total. The van der Waals surface area contributed by atoms with Crippen LogP contribution in [0.3, 0.4) is 0 Å². The number of ketones is 1. The molecule has 0 aliphatic rings. The van der Waals surface area contributed by atoms with Crippen molar-refractivity contribution in [3.05, 3.63) is 93.3 Å². The number of fused-ring (bicyclic) bond motifs is 1. The van der Waals surface area contributed by atoms with Crippen molar-refractivity contribution in [1.82, 2.24) is 0 Å². The number of pyridine rings is 1. The fourth-order valence-corrected chi connectivity index (χ4v) is 2.33. The van der Waals surface area contributed by atoms with Crippen molar-refractivity contribution >= 4 is 28.4 Å². The van der Waals surface area contributed by atoms with Gasteiger partial charge in [0.05, 0.1) is 4.92 Å². The molecule has 0 bridgehead atoms. The third-order valence-corrected chi connectivity index (χ3v) is 3.58. The van der Waals surface area contributed by atoms with Crippen LogP contribution in [0, 0.1) is 15.3 Å². The van der Waals surface area contributed by atoms with E-state index in [0.29, 0.717) is 11.1 Å². The molecule has 0 radical (unpaired) electrons. The van der Waals surface area contributed by atoms with Crippen LogP contribution in [-0.4, -0.2) is 10.7 Å². The van der Waals surface area contributed by atoms with Gasteiger partial charge in [0.15, 0.2) is 12.0 Å². The minimum atomic E-state index is -0.512. The summed E-state index contributed by atoms with van der Waals surface area (Å²) < 4.78 is 0.783. The Labute approximate surface area is 137 Å². The number of carbonyl (C=O) groups is 1. The summed E-state index contributed by atoms with van der Waals surface area (Å²) in [5, 5.41) is 23.0. The highest BCUT2D eigenvalue weighted by Gasteiger charge is 2.07. The van der Waals surface area contributed by atoms with Gasteiger partial charge in [-0.1, -0.05) is 6.08 Å². The summed E-state index contributed by atoms with van der Waals surface area (Å²) >= 11 is 0. The van der Waals surface area contributed by atoms with Gasteiger partial charge in [0.2, 0.25) is 5.52 Å². The fraction of sp³-hybridized carbons (Fsp3) is 0. The second-order valence-corrected chi connectivity index (χ2v) is 5.15. The highest BCUT2D eigenvalue weighted by atomic mass is 16.6. The van der Waals surface area contributed by atoms with Crippen molar-refractivity contribution in [3.8, 4) is 0 Å². The van der Waals surface area contributed by atoms with Crippen LogP contribution in [0.5, 0.6) is 0 Å². The van der Waals surface area contributed by atoms with Crippen LogP contribution in [-0.2, 0) is 0 Å². The second kappa shape index (κ2) is 6.29.